The molecule has 0 aliphatic rings. The Morgan fingerprint density at radius 2 is 1.89 bits per heavy atom. The Kier molecular flexibility index (Phi) is 8.81. The third-order valence-corrected chi connectivity index (χ3v) is 3.44. The SMILES string of the molecule is C=C/C(C(=C)NC(=C)S/C(C)=C\C)=C(C)\C=C/CC. The van der Waals surface area contributed by atoms with Gasteiger partial charge in [-0.15, -0.1) is 0 Å². The molecule has 0 aliphatic carbocycles. The molecule has 0 heterocycles. The topological polar surface area (TPSA) is 12.0 Å². The second kappa shape index (κ2) is 9.51. The summed E-state index contributed by atoms with van der Waals surface area (Å²) in [5.74, 6) is 0. The van der Waals surface area contributed by atoms with E-state index in [4.69, 9.17) is 0 Å². The van der Waals surface area contributed by atoms with Crippen LogP contribution in [-0.4, -0.2) is 0 Å². The molecule has 0 unspecified atom stereocenters. The lowest BCUT2D eigenvalue weighted by Crippen LogP contribution is -2.10. The molecule has 0 rings (SSSR count). The molecule has 0 radical (unpaired) electrons. The number of allylic oxidation sites excluding steroid dienone is 6. The molecular weight excluding hydrogens is 250 g/mol. The van der Waals surface area contributed by atoms with Crippen molar-refractivity contribution in [1.82, 2.24) is 5.32 Å². The van der Waals surface area contributed by atoms with Crippen LogP contribution in [0.15, 0.2) is 70.8 Å². The van der Waals surface area contributed by atoms with Gasteiger partial charge in [0.25, 0.3) is 0 Å². The highest BCUT2D eigenvalue weighted by atomic mass is 32.2. The Labute approximate surface area is 122 Å². The molecule has 0 aromatic carbocycles. The lowest BCUT2D eigenvalue weighted by molar-refractivity contribution is 1.07. The zero-order valence-corrected chi connectivity index (χ0v) is 13.4. The van der Waals surface area contributed by atoms with E-state index in [1.54, 1.807) is 11.8 Å². The van der Waals surface area contributed by atoms with E-state index in [1.807, 2.05) is 13.0 Å². The number of hydrogen-bond acceptors (Lipinski definition) is 2. The van der Waals surface area contributed by atoms with Crippen LogP contribution in [0.5, 0.6) is 0 Å². The summed E-state index contributed by atoms with van der Waals surface area (Å²) in [5, 5.41) is 4.09. The molecule has 1 N–H and O–H groups in total. The lowest BCUT2D eigenvalue weighted by Gasteiger charge is -2.14. The molecule has 104 valence electrons. The summed E-state index contributed by atoms with van der Waals surface area (Å²) in [5.41, 5.74) is 2.99. The van der Waals surface area contributed by atoms with Gasteiger partial charge in [-0.05, 0) is 43.2 Å². The van der Waals surface area contributed by atoms with Crippen molar-refractivity contribution >= 4 is 11.8 Å². The van der Waals surface area contributed by atoms with Gasteiger partial charge in [0.15, 0.2) is 0 Å². The zero-order chi connectivity index (χ0) is 14.8. The predicted octanol–water partition coefficient (Wildman–Crippen LogP) is 5.69. The van der Waals surface area contributed by atoms with Gasteiger partial charge in [-0.2, -0.15) is 0 Å². The molecule has 1 nitrogen and oxygen atoms in total. The zero-order valence-electron chi connectivity index (χ0n) is 12.5. The van der Waals surface area contributed by atoms with Crippen LogP contribution in [0.2, 0.25) is 0 Å². The van der Waals surface area contributed by atoms with E-state index in [1.165, 1.54) is 4.91 Å². The van der Waals surface area contributed by atoms with Gasteiger partial charge in [-0.1, -0.05) is 62.7 Å². The molecule has 0 bridgehead atoms. The summed E-state index contributed by atoms with van der Waals surface area (Å²) >= 11 is 1.61. The number of nitrogens with one attached hydrogen (secondary N) is 1. The van der Waals surface area contributed by atoms with Gasteiger partial charge >= 0.3 is 0 Å². The summed E-state index contributed by atoms with van der Waals surface area (Å²) in [4.78, 5) is 1.21. The summed E-state index contributed by atoms with van der Waals surface area (Å²) in [6.45, 7) is 20.2. The summed E-state index contributed by atoms with van der Waals surface area (Å²) in [7, 11) is 0. The highest BCUT2D eigenvalue weighted by molar-refractivity contribution is 8.06. The van der Waals surface area contributed by atoms with E-state index in [0.717, 1.165) is 28.3 Å². The minimum absolute atomic E-state index is 0.828. The molecule has 0 saturated heterocycles. The Morgan fingerprint density at radius 1 is 1.26 bits per heavy atom. The predicted molar refractivity (Wildman–Crippen MR) is 90.8 cm³/mol. The summed E-state index contributed by atoms with van der Waals surface area (Å²) in [6.07, 6.45) is 9.12. The van der Waals surface area contributed by atoms with Crippen LogP contribution >= 0.6 is 11.8 Å². The van der Waals surface area contributed by atoms with Crippen LogP contribution in [0.1, 0.15) is 34.1 Å². The highest BCUT2D eigenvalue weighted by Crippen LogP contribution is 2.23. The van der Waals surface area contributed by atoms with E-state index in [0.29, 0.717) is 0 Å². The van der Waals surface area contributed by atoms with E-state index in [-0.39, 0.29) is 0 Å². The first kappa shape index (κ1) is 17.6. The van der Waals surface area contributed by atoms with Crippen molar-refractivity contribution in [2.75, 3.05) is 0 Å². The Bertz CT molecular complexity index is 436. The molecular formula is C17H25NS. The number of rotatable bonds is 8. The quantitative estimate of drug-likeness (QED) is 0.571. The van der Waals surface area contributed by atoms with Gasteiger partial charge in [0.1, 0.15) is 0 Å². The third-order valence-electron chi connectivity index (χ3n) is 2.54. The van der Waals surface area contributed by atoms with Crippen LogP contribution < -0.4 is 5.32 Å². The van der Waals surface area contributed by atoms with Crippen molar-refractivity contribution in [2.45, 2.75) is 34.1 Å². The average Bonchev–Trinajstić information content (AvgIpc) is 2.36. The average molecular weight is 275 g/mol. The van der Waals surface area contributed by atoms with Crippen molar-refractivity contribution in [2.24, 2.45) is 0 Å². The Morgan fingerprint density at radius 3 is 2.37 bits per heavy atom. The fourth-order valence-electron chi connectivity index (χ4n) is 1.42. The first-order valence-corrected chi connectivity index (χ1v) is 7.23. The number of thioether (sulfide) groups is 1. The minimum Gasteiger partial charge on any atom is -0.350 e. The van der Waals surface area contributed by atoms with E-state index >= 15 is 0 Å². The third kappa shape index (κ3) is 6.92. The van der Waals surface area contributed by atoms with Crippen LogP contribution in [-0.2, 0) is 0 Å². The van der Waals surface area contributed by atoms with Crippen molar-refractivity contribution in [3.63, 3.8) is 0 Å². The van der Waals surface area contributed by atoms with Crippen molar-refractivity contribution in [3.05, 3.63) is 70.8 Å². The van der Waals surface area contributed by atoms with E-state index in [9.17, 15) is 0 Å². The largest absolute Gasteiger partial charge is 0.350 e. The van der Waals surface area contributed by atoms with Crippen LogP contribution in [0.25, 0.3) is 0 Å². The molecule has 0 aromatic heterocycles. The monoisotopic (exact) mass is 275 g/mol. The van der Waals surface area contributed by atoms with Crippen LogP contribution in [0.4, 0.5) is 0 Å². The minimum atomic E-state index is 0.828. The maximum atomic E-state index is 4.06. The van der Waals surface area contributed by atoms with E-state index < -0.39 is 0 Å². The molecule has 0 saturated carbocycles. The fraction of sp³-hybridized carbons (Fsp3) is 0.294. The van der Waals surface area contributed by atoms with Gasteiger partial charge in [-0.3, -0.25) is 0 Å². The Balaban J connectivity index is 4.84. The molecule has 0 aromatic rings. The highest BCUT2D eigenvalue weighted by Gasteiger charge is 2.04. The molecule has 2 heteroatoms. The maximum Gasteiger partial charge on any atom is 0.0697 e. The van der Waals surface area contributed by atoms with Crippen molar-refractivity contribution in [1.29, 1.82) is 0 Å². The van der Waals surface area contributed by atoms with Gasteiger partial charge in [0, 0.05) is 5.70 Å². The second-order valence-corrected chi connectivity index (χ2v) is 5.48. The van der Waals surface area contributed by atoms with Gasteiger partial charge < -0.3 is 5.32 Å². The summed E-state index contributed by atoms with van der Waals surface area (Å²) in [6, 6.07) is 0. The molecule has 19 heavy (non-hydrogen) atoms. The van der Waals surface area contributed by atoms with Gasteiger partial charge in [-0.25, -0.2) is 0 Å². The lowest BCUT2D eigenvalue weighted by atomic mass is 10.1. The molecule has 0 fully saturated rings. The normalized spacial score (nSPS) is 13.2. The van der Waals surface area contributed by atoms with Crippen molar-refractivity contribution < 1.29 is 0 Å². The molecule has 0 amide bonds. The maximum absolute atomic E-state index is 4.06. The van der Waals surface area contributed by atoms with Gasteiger partial charge in [0.2, 0.25) is 0 Å². The smallest absolute Gasteiger partial charge is 0.0697 e. The molecule has 0 aliphatic heterocycles. The van der Waals surface area contributed by atoms with Crippen LogP contribution in [0.3, 0.4) is 0 Å². The van der Waals surface area contributed by atoms with E-state index in [2.05, 4.69) is 64.1 Å². The fourth-order valence-corrected chi connectivity index (χ4v) is 2.10. The standard InChI is InChI=1S/C17H25NS/c1-8-11-12-13(4)17(10-3)15(6)18-16(7)19-14(5)9-2/h9-12,18H,3,6-8H2,1-2,4-5H3/b12-11-,14-9-,17-13+. The second-order valence-electron chi connectivity index (χ2n) is 4.14. The van der Waals surface area contributed by atoms with Crippen molar-refractivity contribution in [3.8, 4) is 0 Å². The molecule has 0 atom stereocenters. The van der Waals surface area contributed by atoms with Gasteiger partial charge in [0.05, 0.1) is 5.03 Å². The molecule has 0 spiro atoms. The Hall–Kier alpha value is -1.41. The summed E-state index contributed by atoms with van der Waals surface area (Å²) < 4.78 is 0. The first-order chi connectivity index (χ1) is 8.96. The number of hydrogen-bond donors (Lipinski definition) is 1. The van der Waals surface area contributed by atoms with Crippen LogP contribution in [0, 0.1) is 0 Å². The first-order valence-electron chi connectivity index (χ1n) is 6.42.